The van der Waals surface area contributed by atoms with Crippen molar-refractivity contribution < 1.29 is 41.0 Å². The van der Waals surface area contributed by atoms with Crippen molar-refractivity contribution in [1.29, 1.82) is 0 Å². The van der Waals surface area contributed by atoms with E-state index in [9.17, 15) is 36.2 Å². The van der Waals surface area contributed by atoms with Gasteiger partial charge >= 0.3 is 18.5 Å². The van der Waals surface area contributed by atoms with Crippen LogP contribution in [0, 0.1) is 5.92 Å². The number of hydrogen-bond donors (Lipinski definition) is 2. The largest absolute Gasteiger partial charge is 0.573 e. The summed E-state index contributed by atoms with van der Waals surface area (Å²) in [6.07, 6.45) is -7.55. The molecule has 40 heavy (non-hydrogen) atoms. The van der Waals surface area contributed by atoms with E-state index in [1.165, 1.54) is 28.8 Å². The minimum atomic E-state index is -4.95. The first-order chi connectivity index (χ1) is 18.8. The van der Waals surface area contributed by atoms with E-state index in [-0.39, 0.29) is 41.0 Å². The molecule has 1 saturated carbocycles. The molecule has 2 N–H and O–H groups in total. The summed E-state index contributed by atoms with van der Waals surface area (Å²) in [4.78, 5) is 24.4. The van der Waals surface area contributed by atoms with Gasteiger partial charge < -0.3 is 19.7 Å². The van der Waals surface area contributed by atoms with Gasteiger partial charge in [0, 0.05) is 18.2 Å². The number of alkyl halides is 6. The van der Waals surface area contributed by atoms with Crippen molar-refractivity contribution in [3.8, 4) is 17.1 Å². The maximum Gasteiger partial charge on any atom is 0.573 e. The van der Waals surface area contributed by atoms with Gasteiger partial charge in [0.15, 0.2) is 11.5 Å². The van der Waals surface area contributed by atoms with E-state index in [0.29, 0.717) is 11.5 Å². The van der Waals surface area contributed by atoms with Gasteiger partial charge in [-0.15, -0.1) is 13.2 Å². The summed E-state index contributed by atoms with van der Waals surface area (Å²) < 4.78 is 83.6. The first-order valence-corrected chi connectivity index (χ1v) is 12.1. The molecule has 5 rings (SSSR count). The van der Waals surface area contributed by atoms with Crippen molar-refractivity contribution in [2.24, 2.45) is 5.92 Å². The second-order valence-corrected chi connectivity index (χ2v) is 9.44. The number of ether oxygens (including phenoxy) is 1. The van der Waals surface area contributed by atoms with E-state index < -0.39 is 35.6 Å². The van der Waals surface area contributed by atoms with Gasteiger partial charge in [0.1, 0.15) is 17.1 Å². The predicted octanol–water partition coefficient (Wildman–Crippen LogP) is 6.37. The van der Waals surface area contributed by atoms with E-state index in [4.69, 9.17) is 0 Å². The van der Waals surface area contributed by atoms with Crippen molar-refractivity contribution in [1.82, 2.24) is 19.5 Å². The number of rotatable bonds is 8. The van der Waals surface area contributed by atoms with Crippen molar-refractivity contribution in [2.45, 2.75) is 44.9 Å². The van der Waals surface area contributed by atoms with Crippen LogP contribution in [0.1, 0.15) is 41.5 Å². The van der Waals surface area contributed by atoms with Crippen LogP contribution in [-0.4, -0.2) is 43.0 Å². The molecule has 4 aromatic rings. The van der Waals surface area contributed by atoms with Crippen LogP contribution in [0.15, 0.2) is 48.5 Å². The van der Waals surface area contributed by atoms with Crippen LogP contribution >= 0.6 is 0 Å². The van der Waals surface area contributed by atoms with Gasteiger partial charge in [0.2, 0.25) is 5.82 Å². The Balaban J connectivity index is 1.68. The fraction of sp³-hybridized carbons (Fsp3) is 0.308. The maximum atomic E-state index is 13.1. The zero-order valence-corrected chi connectivity index (χ0v) is 20.7. The summed E-state index contributed by atoms with van der Waals surface area (Å²) >= 11 is 0. The Labute approximate surface area is 222 Å². The summed E-state index contributed by atoms with van der Waals surface area (Å²) in [5.41, 5.74) is -0.0695. The fourth-order valence-electron chi connectivity index (χ4n) is 4.35. The zero-order chi connectivity index (χ0) is 28.8. The highest BCUT2D eigenvalue weighted by Gasteiger charge is 2.33. The molecule has 14 heteroatoms. The van der Waals surface area contributed by atoms with Gasteiger partial charge in [-0.25, -0.2) is 19.7 Å². The lowest BCUT2D eigenvalue weighted by Crippen LogP contribution is -2.20. The topological polar surface area (TPSA) is 102 Å². The molecule has 210 valence electrons. The normalized spacial score (nSPS) is 14.8. The number of nitrogens with one attached hydrogen (secondary N) is 1. The van der Waals surface area contributed by atoms with Crippen LogP contribution in [0.5, 0.6) is 5.75 Å². The van der Waals surface area contributed by atoms with E-state index in [0.717, 1.165) is 37.1 Å². The van der Waals surface area contributed by atoms with E-state index in [1.807, 2.05) is 6.92 Å². The number of benzene rings is 2. The molecule has 0 amide bonds. The summed E-state index contributed by atoms with van der Waals surface area (Å²) in [6.45, 7) is 1.83. The highest BCUT2D eigenvalue weighted by molar-refractivity contribution is 5.92. The Hall–Kier alpha value is -4.36. The number of carbonyl (C=O) groups is 1. The number of imidazole rings is 1. The van der Waals surface area contributed by atoms with Gasteiger partial charge in [-0.2, -0.15) is 13.2 Å². The monoisotopic (exact) mass is 565 g/mol. The third kappa shape index (κ3) is 5.95. The lowest BCUT2D eigenvalue weighted by Gasteiger charge is -2.17. The van der Waals surface area contributed by atoms with E-state index in [1.54, 1.807) is 0 Å². The maximum absolute atomic E-state index is 13.1. The Morgan fingerprint density at radius 3 is 2.38 bits per heavy atom. The Morgan fingerprint density at radius 2 is 1.77 bits per heavy atom. The Morgan fingerprint density at radius 1 is 1.07 bits per heavy atom. The highest BCUT2D eigenvalue weighted by Crippen LogP contribution is 2.37. The van der Waals surface area contributed by atoms with Crippen LogP contribution in [0.4, 0.5) is 32.2 Å². The molecule has 1 aliphatic carbocycles. The first-order valence-electron chi connectivity index (χ1n) is 12.1. The molecule has 0 spiro atoms. The van der Waals surface area contributed by atoms with Gasteiger partial charge in [0.05, 0.1) is 5.56 Å². The first kappa shape index (κ1) is 27.2. The molecule has 2 aromatic carbocycles. The number of hydrogen-bond acceptors (Lipinski definition) is 6. The Bertz CT molecular complexity index is 1560. The van der Waals surface area contributed by atoms with Gasteiger partial charge in [-0.3, -0.25) is 0 Å². The number of halogens is 6. The average molecular weight is 565 g/mol. The van der Waals surface area contributed by atoms with Crippen LogP contribution in [0.3, 0.4) is 0 Å². The van der Waals surface area contributed by atoms with Crippen molar-refractivity contribution in [3.63, 3.8) is 0 Å². The number of aromatic carboxylic acids is 1. The molecule has 2 aromatic heterocycles. The van der Waals surface area contributed by atoms with Crippen LogP contribution in [-0.2, 0) is 12.7 Å². The second-order valence-electron chi connectivity index (χ2n) is 9.44. The quantitative estimate of drug-likeness (QED) is 0.240. The number of carboxylic acids is 1. The Kier molecular flexibility index (Phi) is 6.80. The zero-order valence-electron chi connectivity index (χ0n) is 20.7. The fourth-order valence-corrected chi connectivity index (χ4v) is 4.35. The number of nitrogens with zero attached hydrogens (tertiary/aromatic N) is 4. The summed E-state index contributed by atoms with van der Waals surface area (Å²) in [5, 5.41) is 12.8. The van der Waals surface area contributed by atoms with Crippen LogP contribution < -0.4 is 10.1 Å². The van der Waals surface area contributed by atoms with Crippen molar-refractivity contribution in [3.05, 3.63) is 65.5 Å². The summed E-state index contributed by atoms with van der Waals surface area (Å²) in [6, 6.07) is 9.28. The molecule has 0 radical (unpaired) electrons. The standard InChI is InChI=1S/C26H21F6N5O3/c1-13(15-7-8-15)33-20-19-21(35-22(34-20)24(38)39)36-23(16-3-2-4-18(11-16)40-26(30,31)32)37(19)12-14-5-9-17(10-6-14)25(27,28)29/h2-6,9-11,13,15H,7-8,12H2,1H3,(H,38,39)(H,33,34,35). The third-order valence-corrected chi connectivity index (χ3v) is 6.44. The van der Waals surface area contributed by atoms with Crippen molar-refractivity contribution in [2.75, 3.05) is 5.32 Å². The van der Waals surface area contributed by atoms with Crippen LogP contribution in [0.2, 0.25) is 0 Å². The molecule has 1 fully saturated rings. The summed E-state index contributed by atoms with van der Waals surface area (Å²) in [7, 11) is 0. The average Bonchev–Trinajstić information content (AvgIpc) is 3.65. The van der Waals surface area contributed by atoms with Crippen LogP contribution in [0.25, 0.3) is 22.6 Å². The number of fused-ring (bicyclic) bond motifs is 1. The number of carboxylic acid groups (broad SMARTS) is 1. The molecule has 0 aliphatic heterocycles. The van der Waals surface area contributed by atoms with Gasteiger partial charge in [-0.05, 0) is 55.5 Å². The lowest BCUT2D eigenvalue weighted by molar-refractivity contribution is -0.274. The molecule has 2 heterocycles. The molecule has 1 unspecified atom stereocenters. The highest BCUT2D eigenvalue weighted by atomic mass is 19.4. The van der Waals surface area contributed by atoms with E-state index >= 15 is 0 Å². The third-order valence-electron chi connectivity index (χ3n) is 6.44. The number of aromatic nitrogens is 4. The second kappa shape index (κ2) is 9.99. The minimum absolute atomic E-state index is 0.0537. The molecular weight excluding hydrogens is 544 g/mol. The molecule has 1 aliphatic rings. The SMILES string of the molecule is CC(Nc1nc(C(=O)O)nc2nc(-c3cccc(OC(F)(F)F)c3)n(Cc3ccc(C(F)(F)F)cc3)c12)C1CC1. The molecular formula is C26H21F6N5O3. The van der Waals surface area contributed by atoms with E-state index in [2.05, 4.69) is 25.0 Å². The number of anilines is 1. The molecule has 0 saturated heterocycles. The predicted molar refractivity (Wildman–Crippen MR) is 131 cm³/mol. The van der Waals surface area contributed by atoms with Gasteiger partial charge in [0.25, 0.3) is 0 Å². The smallest absolute Gasteiger partial charge is 0.475 e. The molecule has 8 nitrogen and oxygen atoms in total. The summed E-state index contributed by atoms with van der Waals surface area (Å²) in [5.74, 6) is -1.92. The molecule has 0 bridgehead atoms. The van der Waals surface area contributed by atoms with Gasteiger partial charge in [-0.1, -0.05) is 24.3 Å². The lowest BCUT2D eigenvalue weighted by atomic mass is 10.1. The minimum Gasteiger partial charge on any atom is -0.475 e. The van der Waals surface area contributed by atoms with Crippen molar-refractivity contribution >= 4 is 23.0 Å². The molecule has 1 atom stereocenters.